The maximum atomic E-state index is 13.4. The van der Waals surface area contributed by atoms with Gasteiger partial charge in [0.05, 0.1) is 19.2 Å². The first kappa shape index (κ1) is 23.3. The lowest BCUT2D eigenvalue weighted by atomic mass is 10.1. The summed E-state index contributed by atoms with van der Waals surface area (Å²) in [5, 5.41) is 0.939. The Hall–Kier alpha value is -3.39. The van der Waals surface area contributed by atoms with Gasteiger partial charge in [-0.3, -0.25) is 9.59 Å². The van der Waals surface area contributed by atoms with Crippen LogP contribution in [0.4, 0.5) is 5.82 Å². The smallest absolute Gasteiger partial charge is 0.261 e. The van der Waals surface area contributed by atoms with E-state index in [1.54, 1.807) is 25.2 Å². The number of aryl methyl sites for hydroxylation is 2. The van der Waals surface area contributed by atoms with Crippen LogP contribution >= 0.6 is 0 Å². The lowest BCUT2D eigenvalue weighted by Crippen LogP contribution is -2.37. The van der Waals surface area contributed by atoms with E-state index in [0.29, 0.717) is 13.2 Å². The van der Waals surface area contributed by atoms with Gasteiger partial charge in [-0.15, -0.1) is 0 Å². The molecule has 0 spiro atoms. The van der Waals surface area contributed by atoms with Crippen LogP contribution in [0.1, 0.15) is 27.2 Å². The summed E-state index contributed by atoms with van der Waals surface area (Å²) in [6.07, 6.45) is 0. The van der Waals surface area contributed by atoms with Crippen LogP contribution in [0.3, 0.4) is 0 Å². The fourth-order valence-electron chi connectivity index (χ4n) is 3.53. The second-order valence-electron chi connectivity index (χ2n) is 7.96. The molecule has 0 fully saturated rings. The number of nitrogens with one attached hydrogen (secondary N) is 1. The molecule has 0 atom stereocenters. The highest BCUT2D eigenvalue weighted by Crippen LogP contribution is 2.27. The zero-order chi connectivity index (χ0) is 23.4. The number of aromatic nitrogens is 2. The van der Waals surface area contributed by atoms with Gasteiger partial charge in [-0.1, -0.05) is 0 Å². The minimum absolute atomic E-state index is 0.120. The molecule has 1 N–H and O–H groups in total. The summed E-state index contributed by atoms with van der Waals surface area (Å²) in [7, 11) is 7.03. The summed E-state index contributed by atoms with van der Waals surface area (Å²) in [5.74, 6) is 1.13. The summed E-state index contributed by atoms with van der Waals surface area (Å²) in [6, 6.07) is 9.38. The van der Waals surface area contributed by atoms with E-state index in [1.165, 1.54) is 0 Å². The van der Waals surface area contributed by atoms with Gasteiger partial charge in [-0.2, -0.15) is 0 Å². The minimum Gasteiger partial charge on any atom is -0.497 e. The number of rotatable bonds is 8. The second kappa shape index (κ2) is 9.82. The molecule has 1 aromatic carbocycles. The van der Waals surface area contributed by atoms with Crippen molar-refractivity contribution in [1.29, 1.82) is 0 Å². The van der Waals surface area contributed by atoms with Gasteiger partial charge in [0, 0.05) is 57.0 Å². The molecule has 0 aliphatic carbocycles. The number of aromatic amines is 1. The van der Waals surface area contributed by atoms with Crippen molar-refractivity contribution in [3.05, 3.63) is 63.1 Å². The molecular formula is C24H30N4O4. The number of benzene rings is 1. The van der Waals surface area contributed by atoms with Crippen molar-refractivity contribution in [2.75, 3.05) is 46.4 Å². The molecule has 3 rings (SSSR count). The van der Waals surface area contributed by atoms with Crippen LogP contribution in [-0.4, -0.2) is 62.2 Å². The van der Waals surface area contributed by atoms with E-state index < -0.39 is 5.56 Å². The van der Waals surface area contributed by atoms with Crippen molar-refractivity contribution in [3.8, 4) is 5.75 Å². The highest BCUT2D eigenvalue weighted by atomic mass is 16.5. The molecule has 32 heavy (non-hydrogen) atoms. The number of anilines is 1. The number of amides is 1. The Labute approximate surface area is 187 Å². The number of carbonyl (C=O) groups is 1. The summed E-state index contributed by atoms with van der Waals surface area (Å²) < 4.78 is 10.5. The molecule has 8 heteroatoms. The minimum atomic E-state index is -0.392. The van der Waals surface area contributed by atoms with Gasteiger partial charge in [-0.25, -0.2) is 4.98 Å². The fourth-order valence-corrected chi connectivity index (χ4v) is 3.53. The average molecular weight is 439 g/mol. The Morgan fingerprint density at radius 3 is 2.53 bits per heavy atom. The van der Waals surface area contributed by atoms with E-state index in [4.69, 9.17) is 14.5 Å². The van der Waals surface area contributed by atoms with Crippen LogP contribution in [0.25, 0.3) is 10.9 Å². The van der Waals surface area contributed by atoms with Gasteiger partial charge in [0.25, 0.3) is 11.5 Å². The molecule has 0 radical (unpaired) electrons. The number of methoxy groups -OCH3 is 2. The third kappa shape index (κ3) is 4.91. The van der Waals surface area contributed by atoms with E-state index in [2.05, 4.69) is 4.98 Å². The first-order chi connectivity index (χ1) is 15.2. The quantitative estimate of drug-likeness (QED) is 0.582. The predicted octanol–water partition coefficient (Wildman–Crippen LogP) is 2.90. The van der Waals surface area contributed by atoms with Crippen molar-refractivity contribution < 1.29 is 14.3 Å². The van der Waals surface area contributed by atoms with Crippen LogP contribution in [0.15, 0.2) is 35.1 Å². The highest BCUT2D eigenvalue weighted by Gasteiger charge is 2.22. The Balaban J connectivity index is 2.04. The Bertz CT molecular complexity index is 1190. The molecule has 0 aliphatic rings. The number of fused-ring (bicyclic) bond motifs is 1. The fraction of sp³-hybridized carbons (Fsp3) is 0.375. The summed E-state index contributed by atoms with van der Waals surface area (Å²) in [5.41, 5.74) is 3.01. The molecule has 0 saturated carbocycles. The summed E-state index contributed by atoms with van der Waals surface area (Å²) in [6.45, 7) is 4.66. The van der Waals surface area contributed by atoms with Crippen LogP contribution in [0.2, 0.25) is 0 Å². The molecule has 2 aromatic heterocycles. The molecule has 1 amide bonds. The van der Waals surface area contributed by atoms with Crippen molar-refractivity contribution in [3.63, 3.8) is 0 Å². The van der Waals surface area contributed by atoms with Gasteiger partial charge in [0.15, 0.2) is 0 Å². The maximum Gasteiger partial charge on any atom is 0.261 e. The molecule has 0 unspecified atom stereocenters. The summed E-state index contributed by atoms with van der Waals surface area (Å²) in [4.78, 5) is 37.0. The van der Waals surface area contributed by atoms with Crippen molar-refractivity contribution >= 4 is 22.6 Å². The molecule has 170 valence electrons. The molecule has 0 bridgehead atoms. The van der Waals surface area contributed by atoms with Gasteiger partial charge >= 0.3 is 0 Å². The maximum absolute atomic E-state index is 13.4. The second-order valence-corrected chi connectivity index (χ2v) is 7.96. The first-order valence-electron chi connectivity index (χ1n) is 10.4. The van der Waals surface area contributed by atoms with E-state index >= 15 is 0 Å². The Kier molecular flexibility index (Phi) is 7.15. The molecule has 0 aliphatic heterocycles. The summed E-state index contributed by atoms with van der Waals surface area (Å²) >= 11 is 0. The Morgan fingerprint density at radius 2 is 1.88 bits per heavy atom. The van der Waals surface area contributed by atoms with Crippen LogP contribution in [-0.2, 0) is 11.3 Å². The Morgan fingerprint density at radius 1 is 1.12 bits per heavy atom. The average Bonchev–Trinajstić information content (AvgIpc) is 2.77. The number of hydrogen-bond acceptors (Lipinski definition) is 6. The van der Waals surface area contributed by atoms with Gasteiger partial charge in [0.1, 0.15) is 17.1 Å². The molecule has 2 heterocycles. The highest BCUT2D eigenvalue weighted by molar-refractivity contribution is 5.94. The number of ether oxygens (including phenoxy) is 2. The number of pyridine rings is 2. The topological polar surface area (TPSA) is 87.8 Å². The molecular weight excluding hydrogens is 408 g/mol. The van der Waals surface area contributed by atoms with Gasteiger partial charge in [0.2, 0.25) is 0 Å². The third-order valence-electron chi connectivity index (χ3n) is 5.45. The number of carbonyl (C=O) groups excluding carboxylic acids is 1. The third-order valence-corrected chi connectivity index (χ3v) is 5.45. The zero-order valence-electron chi connectivity index (χ0n) is 19.5. The molecule has 8 nitrogen and oxygen atoms in total. The number of H-pyrrole nitrogens is 1. The number of nitrogens with zero attached hydrogens (tertiary/aromatic N) is 3. The predicted molar refractivity (Wildman–Crippen MR) is 126 cm³/mol. The lowest BCUT2D eigenvalue weighted by molar-refractivity contribution is 0.0678. The van der Waals surface area contributed by atoms with Gasteiger partial charge < -0.3 is 24.3 Å². The lowest BCUT2D eigenvalue weighted by Gasteiger charge is -2.25. The monoisotopic (exact) mass is 438 g/mol. The SMILES string of the molecule is COCCN(Cc1cc2ccc(OC)cc2nc1N(C)C)C(=O)c1cc(C)c(C)[nH]c1=O. The first-order valence-corrected chi connectivity index (χ1v) is 10.4. The van der Waals surface area contributed by atoms with Crippen molar-refractivity contribution in [2.24, 2.45) is 0 Å². The zero-order valence-corrected chi connectivity index (χ0v) is 19.5. The normalized spacial score (nSPS) is 10.9. The molecule has 0 saturated heterocycles. The number of hydrogen-bond donors (Lipinski definition) is 1. The standard InChI is InChI=1S/C24H30N4O4/c1-15-11-20(23(29)25-16(15)2)24(30)28(9-10-31-5)14-18-12-17-7-8-19(32-6)13-21(17)26-22(18)27(3)4/h7-8,11-13H,9-10,14H2,1-6H3,(H,25,29). The van der Waals surface area contributed by atoms with Crippen molar-refractivity contribution in [1.82, 2.24) is 14.9 Å². The van der Waals surface area contributed by atoms with Crippen LogP contribution < -0.4 is 15.2 Å². The largest absolute Gasteiger partial charge is 0.497 e. The van der Waals surface area contributed by atoms with E-state index in [-0.39, 0.29) is 18.0 Å². The van der Waals surface area contributed by atoms with Gasteiger partial charge in [-0.05, 0) is 43.7 Å². The van der Waals surface area contributed by atoms with Crippen LogP contribution in [0.5, 0.6) is 5.75 Å². The van der Waals surface area contributed by atoms with Crippen molar-refractivity contribution in [2.45, 2.75) is 20.4 Å². The van der Waals surface area contributed by atoms with E-state index in [1.807, 2.05) is 57.1 Å². The molecule has 3 aromatic rings. The van der Waals surface area contributed by atoms with Crippen LogP contribution in [0, 0.1) is 13.8 Å². The van der Waals surface area contributed by atoms with E-state index in [9.17, 15) is 9.59 Å². The van der Waals surface area contributed by atoms with E-state index in [0.717, 1.165) is 39.3 Å².